The predicted octanol–water partition coefficient (Wildman–Crippen LogP) is 3.01. The molecule has 8 heteroatoms. The van der Waals surface area contributed by atoms with Crippen LogP contribution in [-0.4, -0.2) is 48.3 Å². The molecule has 1 aromatic carbocycles. The fourth-order valence-electron chi connectivity index (χ4n) is 4.99. The van der Waals surface area contributed by atoms with E-state index in [0.717, 1.165) is 37.8 Å². The lowest BCUT2D eigenvalue weighted by molar-refractivity contribution is -0.137. The summed E-state index contributed by atoms with van der Waals surface area (Å²) in [6, 6.07) is 3.15. The number of halogens is 2. The van der Waals surface area contributed by atoms with Gasteiger partial charge in [-0.1, -0.05) is 19.3 Å². The number of rotatable bonds is 4. The zero-order valence-electron chi connectivity index (χ0n) is 17.6. The molecular formula is C23H29F2N3O3. The number of nitrogens with one attached hydrogen (secondary N) is 1. The Bertz CT molecular complexity index is 848. The van der Waals surface area contributed by atoms with Gasteiger partial charge in [-0.3, -0.25) is 14.4 Å². The number of carbonyl (C=O) groups is 3. The Kier molecular flexibility index (Phi) is 6.53. The van der Waals surface area contributed by atoms with Crippen LogP contribution in [0.3, 0.4) is 0 Å². The number of hydrogen-bond acceptors (Lipinski definition) is 3. The largest absolute Gasteiger partial charge is 0.353 e. The van der Waals surface area contributed by atoms with Crippen LogP contribution in [0.4, 0.5) is 14.5 Å². The van der Waals surface area contributed by atoms with Gasteiger partial charge in [-0.15, -0.1) is 0 Å². The summed E-state index contributed by atoms with van der Waals surface area (Å²) in [5.74, 6) is -2.24. The maximum absolute atomic E-state index is 14.1. The molecule has 1 aromatic rings. The molecule has 31 heavy (non-hydrogen) atoms. The van der Waals surface area contributed by atoms with E-state index < -0.39 is 17.6 Å². The van der Waals surface area contributed by atoms with Crippen molar-refractivity contribution in [1.29, 1.82) is 0 Å². The number of anilines is 1. The van der Waals surface area contributed by atoms with Crippen molar-refractivity contribution in [2.24, 2.45) is 11.8 Å². The summed E-state index contributed by atoms with van der Waals surface area (Å²) in [5, 5.41) is 3.15. The van der Waals surface area contributed by atoms with E-state index >= 15 is 0 Å². The Morgan fingerprint density at radius 2 is 1.68 bits per heavy atom. The molecule has 0 aromatic heterocycles. The molecule has 2 aliphatic heterocycles. The fraction of sp³-hybridized carbons (Fsp3) is 0.609. The molecular weight excluding hydrogens is 404 g/mol. The van der Waals surface area contributed by atoms with Crippen molar-refractivity contribution >= 4 is 23.4 Å². The quantitative estimate of drug-likeness (QED) is 0.794. The summed E-state index contributed by atoms with van der Waals surface area (Å²) in [6.45, 7) is 1.16. The van der Waals surface area contributed by atoms with Crippen molar-refractivity contribution in [2.75, 3.05) is 24.5 Å². The van der Waals surface area contributed by atoms with Crippen molar-refractivity contribution in [3.63, 3.8) is 0 Å². The van der Waals surface area contributed by atoms with Crippen LogP contribution in [0, 0.1) is 23.5 Å². The highest BCUT2D eigenvalue weighted by atomic mass is 19.1. The molecule has 1 atom stereocenters. The molecule has 0 bridgehead atoms. The van der Waals surface area contributed by atoms with Crippen LogP contribution in [0.5, 0.6) is 0 Å². The zero-order valence-corrected chi connectivity index (χ0v) is 17.6. The Balaban J connectivity index is 1.29. The lowest BCUT2D eigenvalue weighted by Crippen LogP contribution is -2.49. The monoisotopic (exact) mass is 433 g/mol. The second-order valence-corrected chi connectivity index (χ2v) is 8.94. The second-order valence-electron chi connectivity index (χ2n) is 8.94. The van der Waals surface area contributed by atoms with Gasteiger partial charge in [-0.2, -0.15) is 0 Å². The van der Waals surface area contributed by atoms with Crippen LogP contribution in [0.1, 0.15) is 51.4 Å². The summed E-state index contributed by atoms with van der Waals surface area (Å²) in [4.78, 5) is 40.8. The summed E-state index contributed by atoms with van der Waals surface area (Å²) in [5.41, 5.74) is 0.00540. The molecule has 0 radical (unpaired) electrons. The first-order chi connectivity index (χ1) is 14.9. The summed E-state index contributed by atoms with van der Waals surface area (Å²) in [7, 11) is 0. The number of benzene rings is 1. The summed E-state index contributed by atoms with van der Waals surface area (Å²) in [6.07, 6.45) is 6.78. The van der Waals surface area contributed by atoms with Crippen molar-refractivity contribution < 1.29 is 23.2 Å². The van der Waals surface area contributed by atoms with E-state index in [-0.39, 0.29) is 48.3 Å². The molecule has 3 fully saturated rings. The first-order valence-electron chi connectivity index (χ1n) is 11.3. The molecule has 2 saturated heterocycles. The molecule has 0 spiro atoms. The van der Waals surface area contributed by atoms with Crippen LogP contribution >= 0.6 is 0 Å². The minimum atomic E-state index is -0.809. The first kappa shape index (κ1) is 21.7. The molecule has 1 aliphatic carbocycles. The topological polar surface area (TPSA) is 69.7 Å². The molecule has 1 N–H and O–H groups in total. The number of amides is 3. The zero-order chi connectivity index (χ0) is 22.0. The third-order valence-electron chi connectivity index (χ3n) is 6.80. The number of nitrogens with zero attached hydrogens (tertiary/aromatic N) is 2. The van der Waals surface area contributed by atoms with Crippen LogP contribution in [0.15, 0.2) is 18.2 Å². The highest BCUT2D eigenvalue weighted by Gasteiger charge is 2.39. The van der Waals surface area contributed by atoms with E-state index in [0.29, 0.717) is 25.9 Å². The highest BCUT2D eigenvalue weighted by Crippen LogP contribution is 2.30. The van der Waals surface area contributed by atoms with E-state index in [2.05, 4.69) is 5.32 Å². The number of carbonyl (C=O) groups excluding carboxylic acids is 3. The smallest absolute Gasteiger partial charge is 0.228 e. The fourth-order valence-corrected chi connectivity index (χ4v) is 4.99. The van der Waals surface area contributed by atoms with Gasteiger partial charge in [0.25, 0.3) is 0 Å². The molecule has 3 aliphatic rings. The van der Waals surface area contributed by atoms with E-state index in [1.165, 1.54) is 17.4 Å². The van der Waals surface area contributed by atoms with Crippen LogP contribution in [-0.2, 0) is 14.4 Å². The SMILES string of the molecule is O=C(NC1CCN(C(=O)C2CC(=O)N(c3ccc(F)cc3F)C2)CC1)C1CCCCC1. The summed E-state index contributed by atoms with van der Waals surface area (Å²) < 4.78 is 27.2. The second kappa shape index (κ2) is 9.32. The standard InChI is InChI=1S/C23H29F2N3O3/c24-17-6-7-20(19(25)13-17)28-14-16(12-21(28)29)23(31)27-10-8-18(9-11-27)26-22(30)15-4-2-1-3-5-15/h6-7,13,15-16,18H,1-5,8-12,14H2,(H,26,30). The lowest BCUT2D eigenvalue weighted by atomic mass is 9.88. The summed E-state index contributed by atoms with van der Waals surface area (Å²) >= 11 is 0. The van der Waals surface area contributed by atoms with Gasteiger partial charge in [0, 0.05) is 44.1 Å². The molecule has 168 valence electrons. The third-order valence-corrected chi connectivity index (χ3v) is 6.80. The van der Waals surface area contributed by atoms with Crippen molar-refractivity contribution in [3.05, 3.63) is 29.8 Å². The normalized spacial score (nSPS) is 23.3. The van der Waals surface area contributed by atoms with E-state index in [1.54, 1.807) is 4.90 Å². The number of likely N-dealkylation sites (tertiary alicyclic amines) is 1. The van der Waals surface area contributed by atoms with Crippen LogP contribution in [0.25, 0.3) is 0 Å². The van der Waals surface area contributed by atoms with Gasteiger partial charge >= 0.3 is 0 Å². The third kappa shape index (κ3) is 4.88. The van der Waals surface area contributed by atoms with E-state index in [1.807, 2.05) is 0 Å². The van der Waals surface area contributed by atoms with Gasteiger partial charge in [0.05, 0.1) is 11.6 Å². The van der Waals surface area contributed by atoms with Gasteiger partial charge in [-0.05, 0) is 37.8 Å². The van der Waals surface area contributed by atoms with Crippen LogP contribution in [0.2, 0.25) is 0 Å². The Hall–Kier alpha value is -2.51. The first-order valence-corrected chi connectivity index (χ1v) is 11.3. The van der Waals surface area contributed by atoms with Gasteiger partial charge in [-0.25, -0.2) is 8.78 Å². The lowest BCUT2D eigenvalue weighted by Gasteiger charge is -2.34. The minimum Gasteiger partial charge on any atom is -0.353 e. The van der Waals surface area contributed by atoms with Gasteiger partial charge < -0.3 is 15.1 Å². The maximum atomic E-state index is 14.1. The van der Waals surface area contributed by atoms with Gasteiger partial charge in [0.2, 0.25) is 17.7 Å². The van der Waals surface area contributed by atoms with Crippen molar-refractivity contribution in [1.82, 2.24) is 10.2 Å². The average molecular weight is 433 g/mol. The van der Waals surface area contributed by atoms with Gasteiger partial charge in [0.1, 0.15) is 11.6 Å². The minimum absolute atomic E-state index is 0.00540. The highest BCUT2D eigenvalue weighted by molar-refractivity contribution is 6.00. The van der Waals surface area contributed by atoms with Crippen molar-refractivity contribution in [2.45, 2.75) is 57.4 Å². The van der Waals surface area contributed by atoms with Gasteiger partial charge in [0.15, 0.2) is 0 Å². The van der Waals surface area contributed by atoms with E-state index in [9.17, 15) is 23.2 Å². The number of hydrogen-bond donors (Lipinski definition) is 1. The molecule has 4 rings (SSSR count). The Morgan fingerprint density at radius 1 is 0.968 bits per heavy atom. The van der Waals surface area contributed by atoms with E-state index in [4.69, 9.17) is 0 Å². The maximum Gasteiger partial charge on any atom is 0.228 e. The molecule has 2 heterocycles. The molecule has 1 saturated carbocycles. The predicted molar refractivity (Wildman–Crippen MR) is 111 cm³/mol. The Labute approximate surface area is 181 Å². The Morgan fingerprint density at radius 3 is 2.35 bits per heavy atom. The average Bonchev–Trinajstić information content (AvgIpc) is 3.15. The number of piperidine rings is 1. The molecule has 6 nitrogen and oxygen atoms in total. The van der Waals surface area contributed by atoms with Crippen molar-refractivity contribution in [3.8, 4) is 0 Å². The van der Waals surface area contributed by atoms with Crippen LogP contribution < -0.4 is 10.2 Å². The molecule has 3 amide bonds. The molecule has 1 unspecified atom stereocenters.